The summed E-state index contributed by atoms with van der Waals surface area (Å²) in [5.41, 5.74) is 6.56. The SMILES string of the molecule is C=C(N)C1=CC(C)(NC(=O)C(C)O)CCNC1. The van der Waals surface area contributed by atoms with Crippen molar-refractivity contribution >= 4 is 5.91 Å². The molecule has 0 aromatic carbocycles. The summed E-state index contributed by atoms with van der Waals surface area (Å²) >= 11 is 0. The van der Waals surface area contributed by atoms with Crippen LogP contribution < -0.4 is 16.4 Å². The summed E-state index contributed by atoms with van der Waals surface area (Å²) in [6, 6.07) is 0. The van der Waals surface area contributed by atoms with Gasteiger partial charge < -0.3 is 21.5 Å². The van der Waals surface area contributed by atoms with Crippen molar-refractivity contribution in [2.45, 2.75) is 31.9 Å². The van der Waals surface area contributed by atoms with Gasteiger partial charge in [-0.2, -0.15) is 0 Å². The van der Waals surface area contributed by atoms with Crippen molar-refractivity contribution in [3.8, 4) is 0 Å². The highest BCUT2D eigenvalue weighted by Crippen LogP contribution is 2.18. The Bertz CT molecular complexity index is 350. The zero-order valence-corrected chi connectivity index (χ0v) is 10.4. The molecule has 0 radical (unpaired) electrons. The number of carbonyl (C=O) groups excluding carboxylic acids is 1. The van der Waals surface area contributed by atoms with E-state index in [2.05, 4.69) is 17.2 Å². The van der Waals surface area contributed by atoms with Crippen LogP contribution in [-0.2, 0) is 4.79 Å². The van der Waals surface area contributed by atoms with E-state index in [-0.39, 0.29) is 5.91 Å². The summed E-state index contributed by atoms with van der Waals surface area (Å²) in [7, 11) is 0. The predicted molar refractivity (Wildman–Crippen MR) is 67.1 cm³/mol. The first-order valence-corrected chi connectivity index (χ1v) is 5.71. The number of nitrogens with one attached hydrogen (secondary N) is 2. The molecule has 0 saturated heterocycles. The van der Waals surface area contributed by atoms with Gasteiger partial charge in [0.1, 0.15) is 6.10 Å². The monoisotopic (exact) mass is 239 g/mol. The molecule has 1 aliphatic heterocycles. The van der Waals surface area contributed by atoms with Gasteiger partial charge in [-0.3, -0.25) is 4.79 Å². The molecule has 96 valence electrons. The van der Waals surface area contributed by atoms with Crippen molar-refractivity contribution in [2.24, 2.45) is 5.73 Å². The quantitative estimate of drug-likeness (QED) is 0.541. The number of amides is 1. The molecule has 0 bridgehead atoms. The Hall–Kier alpha value is -1.33. The lowest BCUT2D eigenvalue weighted by Crippen LogP contribution is -2.48. The molecule has 2 atom stereocenters. The second-order valence-corrected chi connectivity index (χ2v) is 4.70. The Morgan fingerprint density at radius 2 is 2.41 bits per heavy atom. The van der Waals surface area contributed by atoms with Crippen molar-refractivity contribution in [3.63, 3.8) is 0 Å². The molecule has 5 heteroatoms. The van der Waals surface area contributed by atoms with Crippen LogP contribution in [0.2, 0.25) is 0 Å². The molecule has 1 amide bonds. The molecule has 1 aliphatic rings. The van der Waals surface area contributed by atoms with Gasteiger partial charge in [-0.15, -0.1) is 0 Å². The molecule has 1 rings (SSSR count). The van der Waals surface area contributed by atoms with Crippen molar-refractivity contribution < 1.29 is 9.90 Å². The minimum Gasteiger partial charge on any atom is -0.399 e. The zero-order valence-electron chi connectivity index (χ0n) is 10.4. The van der Waals surface area contributed by atoms with Crippen LogP contribution in [0.15, 0.2) is 23.9 Å². The Labute approximate surface area is 102 Å². The first-order valence-electron chi connectivity index (χ1n) is 5.71. The molecule has 5 nitrogen and oxygen atoms in total. The normalized spacial score (nSPS) is 26.6. The number of nitrogens with two attached hydrogens (primary N) is 1. The highest BCUT2D eigenvalue weighted by Gasteiger charge is 2.27. The van der Waals surface area contributed by atoms with Crippen LogP contribution in [0.25, 0.3) is 0 Å². The summed E-state index contributed by atoms with van der Waals surface area (Å²) in [6.07, 6.45) is 1.64. The van der Waals surface area contributed by atoms with Gasteiger partial charge in [0.05, 0.1) is 5.54 Å². The van der Waals surface area contributed by atoms with Crippen LogP contribution in [0.1, 0.15) is 20.3 Å². The van der Waals surface area contributed by atoms with Crippen molar-refractivity contribution in [1.82, 2.24) is 10.6 Å². The number of hydrogen-bond donors (Lipinski definition) is 4. The fraction of sp³-hybridized carbons (Fsp3) is 0.583. The maximum atomic E-state index is 11.5. The Balaban J connectivity index is 2.87. The summed E-state index contributed by atoms with van der Waals surface area (Å²) in [5.74, 6) is -0.382. The van der Waals surface area contributed by atoms with E-state index < -0.39 is 11.6 Å². The van der Waals surface area contributed by atoms with Crippen LogP contribution in [-0.4, -0.2) is 35.7 Å². The molecule has 2 unspecified atom stereocenters. The van der Waals surface area contributed by atoms with E-state index >= 15 is 0 Å². The predicted octanol–water partition coefficient (Wildman–Crippen LogP) is -0.366. The topological polar surface area (TPSA) is 87.4 Å². The fourth-order valence-corrected chi connectivity index (χ4v) is 1.77. The van der Waals surface area contributed by atoms with Crippen molar-refractivity contribution in [1.29, 1.82) is 0 Å². The number of rotatable bonds is 3. The minimum absolute atomic E-state index is 0.382. The largest absolute Gasteiger partial charge is 0.399 e. The summed E-state index contributed by atoms with van der Waals surface area (Å²) in [6.45, 7) is 8.47. The van der Waals surface area contributed by atoms with Crippen LogP contribution in [0, 0.1) is 0 Å². The Morgan fingerprint density at radius 3 is 2.94 bits per heavy atom. The second kappa shape index (κ2) is 5.33. The molecule has 0 aliphatic carbocycles. The van der Waals surface area contributed by atoms with Gasteiger partial charge in [-0.05, 0) is 32.4 Å². The van der Waals surface area contributed by atoms with Crippen LogP contribution in [0.3, 0.4) is 0 Å². The van der Waals surface area contributed by atoms with E-state index in [1.807, 2.05) is 13.0 Å². The maximum absolute atomic E-state index is 11.5. The summed E-state index contributed by atoms with van der Waals surface area (Å²) in [5, 5.41) is 15.3. The number of carbonyl (C=O) groups is 1. The highest BCUT2D eigenvalue weighted by molar-refractivity contribution is 5.81. The smallest absolute Gasteiger partial charge is 0.249 e. The lowest BCUT2D eigenvalue weighted by atomic mass is 9.94. The lowest BCUT2D eigenvalue weighted by Gasteiger charge is -2.27. The third-order valence-electron chi connectivity index (χ3n) is 2.83. The molecule has 0 saturated carbocycles. The highest BCUT2D eigenvalue weighted by atomic mass is 16.3. The van der Waals surface area contributed by atoms with Gasteiger partial charge in [-0.1, -0.05) is 12.7 Å². The standard InChI is InChI=1S/C12H21N3O2/c1-8(13)10-6-12(3,4-5-14-7-10)15-11(17)9(2)16/h6,9,14,16H,1,4-5,7,13H2,2-3H3,(H,15,17). The maximum Gasteiger partial charge on any atom is 0.249 e. The number of aliphatic hydroxyl groups is 1. The number of hydrogen-bond acceptors (Lipinski definition) is 4. The van der Waals surface area contributed by atoms with Crippen LogP contribution >= 0.6 is 0 Å². The molecule has 1 heterocycles. The van der Waals surface area contributed by atoms with E-state index in [0.29, 0.717) is 12.2 Å². The average molecular weight is 239 g/mol. The molecular formula is C12H21N3O2. The molecular weight excluding hydrogens is 218 g/mol. The van der Waals surface area contributed by atoms with Gasteiger partial charge in [0.2, 0.25) is 5.91 Å². The molecule has 0 aromatic rings. The van der Waals surface area contributed by atoms with E-state index in [1.165, 1.54) is 6.92 Å². The fourth-order valence-electron chi connectivity index (χ4n) is 1.77. The molecule has 17 heavy (non-hydrogen) atoms. The van der Waals surface area contributed by atoms with E-state index in [0.717, 1.165) is 18.5 Å². The average Bonchev–Trinajstić information content (AvgIpc) is 2.40. The zero-order chi connectivity index (χ0) is 13.1. The van der Waals surface area contributed by atoms with Crippen LogP contribution in [0.5, 0.6) is 0 Å². The number of aliphatic hydroxyl groups excluding tert-OH is 1. The van der Waals surface area contributed by atoms with Gasteiger partial charge in [0.25, 0.3) is 0 Å². The summed E-state index contributed by atoms with van der Waals surface area (Å²) < 4.78 is 0. The van der Waals surface area contributed by atoms with Gasteiger partial charge in [0, 0.05) is 12.2 Å². The third kappa shape index (κ3) is 3.87. The van der Waals surface area contributed by atoms with Crippen molar-refractivity contribution in [3.05, 3.63) is 23.9 Å². The van der Waals surface area contributed by atoms with Gasteiger partial charge >= 0.3 is 0 Å². The van der Waals surface area contributed by atoms with Crippen molar-refractivity contribution in [2.75, 3.05) is 13.1 Å². The lowest BCUT2D eigenvalue weighted by molar-refractivity contribution is -0.129. The molecule has 0 fully saturated rings. The van der Waals surface area contributed by atoms with Gasteiger partial charge in [-0.25, -0.2) is 0 Å². The first kappa shape index (κ1) is 13.7. The first-order chi connectivity index (χ1) is 7.84. The van der Waals surface area contributed by atoms with Crippen LogP contribution in [0.4, 0.5) is 0 Å². The summed E-state index contributed by atoms with van der Waals surface area (Å²) in [4.78, 5) is 11.5. The van der Waals surface area contributed by atoms with E-state index in [4.69, 9.17) is 5.73 Å². The second-order valence-electron chi connectivity index (χ2n) is 4.70. The van der Waals surface area contributed by atoms with Gasteiger partial charge in [0.15, 0.2) is 0 Å². The molecule has 0 aromatic heterocycles. The third-order valence-corrected chi connectivity index (χ3v) is 2.83. The van der Waals surface area contributed by atoms with E-state index in [1.54, 1.807) is 0 Å². The molecule has 5 N–H and O–H groups in total. The Morgan fingerprint density at radius 1 is 1.76 bits per heavy atom. The Kier molecular flexibility index (Phi) is 4.31. The molecule has 0 spiro atoms. The minimum atomic E-state index is -1.01. The van der Waals surface area contributed by atoms with E-state index in [9.17, 15) is 9.90 Å².